The van der Waals surface area contributed by atoms with Gasteiger partial charge in [-0.05, 0) is 12.8 Å². The first-order chi connectivity index (χ1) is 22.7. The van der Waals surface area contributed by atoms with Crippen LogP contribution in [0, 0.1) is 0 Å². The number of hydrogen-bond acceptors (Lipinski definition) is 8. The van der Waals surface area contributed by atoms with E-state index >= 15 is 0 Å². The number of carbonyl (C=O) groups excluding carboxylic acids is 2. The molecule has 1 heterocycles. The molecule has 1 fully saturated rings. The lowest BCUT2D eigenvalue weighted by Gasteiger charge is -2.51. The minimum absolute atomic E-state index is 0.246. The van der Waals surface area contributed by atoms with Gasteiger partial charge in [0, 0.05) is 19.4 Å². The van der Waals surface area contributed by atoms with Gasteiger partial charge < -0.3 is 25.8 Å². The highest BCUT2D eigenvalue weighted by Gasteiger charge is 2.55. The van der Waals surface area contributed by atoms with Crippen molar-refractivity contribution in [2.75, 3.05) is 13.1 Å². The number of rotatable bonds is 31. The Morgan fingerprint density at radius 1 is 0.617 bits per heavy atom. The maximum absolute atomic E-state index is 13.6. The summed E-state index contributed by atoms with van der Waals surface area (Å²) in [6, 6.07) is 0. The monoisotopic (exact) mass is 670 g/mol. The van der Waals surface area contributed by atoms with Crippen LogP contribution in [0.5, 0.6) is 0 Å². The lowest BCUT2D eigenvalue weighted by atomic mass is 9.91. The zero-order chi connectivity index (χ0) is 34.8. The normalized spacial score (nSPS) is 22.9. The zero-order valence-corrected chi connectivity index (χ0v) is 30.5. The van der Waals surface area contributed by atoms with Crippen molar-refractivity contribution in [2.24, 2.45) is 11.5 Å². The Kier molecular flexibility index (Phi) is 25.9. The van der Waals surface area contributed by atoms with Gasteiger partial charge >= 0.3 is 0 Å². The predicted octanol–water partition coefficient (Wildman–Crippen LogP) is 7.01. The second-order valence-electron chi connectivity index (χ2n) is 14.2. The highest BCUT2D eigenvalue weighted by atomic mass is 16.6. The van der Waals surface area contributed by atoms with Crippen LogP contribution in [0.15, 0.2) is 0 Å². The molecule has 0 spiro atoms. The van der Waals surface area contributed by atoms with Crippen molar-refractivity contribution in [2.45, 2.75) is 217 Å². The number of carbonyl (C=O) groups is 2. The summed E-state index contributed by atoms with van der Waals surface area (Å²) in [7, 11) is 0. The number of unbranched alkanes of at least 4 members (excludes halogenated alkanes) is 23. The smallest absolute Gasteiger partial charge is 0.227 e. The Hall–Kier alpha value is -1.10. The number of ether oxygens (including phenoxy) is 1. The first kappa shape index (κ1) is 43.9. The molecule has 0 saturated carbocycles. The molecule has 47 heavy (non-hydrogen) atoms. The van der Waals surface area contributed by atoms with Crippen LogP contribution < -0.4 is 11.5 Å². The fourth-order valence-electron chi connectivity index (χ4n) is 6.76. The summed E-state index contributed by atoms with van der Waals surface area (Å²) < 4.78 is 5.94. The number of nitrogens with zero attached hydrogens (tertiary/aromatic N) is 1. The van der Waals surface area contributed by atoms with Gasteiger partial charge in [-0.15, -0.1) is 0 Å². The van der Waals surface area contributed by atoms with E-state index in [1.807, 2.05) is 0 Å². The number of aliphatic hydroxyl groups excluding tert-OH is 3. The van der Waals surface area contributed by atoms with Crippen LogP contribution in [-0.4, -0.2) is 75.3 Å². The molecule has 1 amide bonds. The van der Waals surface area contributed by atoms with Gasteiger partial charge in [-0.25, -0.2) is 0 Å². The number of hydrogen-bond donors (Lipinski definition) is 5. The van der Waals surface area contributed by atoms with Crippen LogP contribution >= 0.6 is 0 Å². The highest BCUT2D eigenvalue weighted by Crippen LogP contribution is 2.32. The Labute approximate surface area is 287 Å². The molecule has 1 aliphatic rings. The van der Waals surface area contributed by atoms with E-state index in [2.05, 4.69) is 13.8 Å². The van der Waals surface area contributed by atoms with Gasteiger partial charge in [-0.2, -0.15) is 0 Å². The van der Waals surface area contributed by atoms with E-state index in [4.69, 9.17) is 16.2 Å². The zero-order valence-electron chi connectivity index (χ0n) is 30.5. The first-order valence-electron chi connectivity index (χ1n) is 19.8. The molecular weight excluding hydrogens is 594 g/mol. The topological polar surface area (TPSA) is 159 Å². The van der Waals surface area contributed by atoms with Crippen LogP contribution in [0.25, 0.3) is 0 Å². The predicted molar refractivity (Wildman–Crippen MR) is 192 cm³/mol. The average molecular weight is 670 g/mol. The molecule has 0 radical (unpaired) electrons. The third kappa shape index (κ3) is 18.5. The standard InChI is InChI=1S/C38H75N3O6/c1-3-5-7-9-11-13-15-16-17-18-19-20-22-24-26-28-34(43)41(29-27-25-23-21-14-12-10-8-6-4-2)38(40)37(46)36(45)35(44)33(47-38)30-32(42)31-39/h33,35-37,44-46H,3-31,39-40H2,1-2H3/t33-,35+,36+,37-,38+/m1/s1. The van der Waals surface area contributed by atoms with E-state index in [1.165, 1.54) is 114 Å². The molecule has 7 N–H and O–H groups in total. The summed E-state index contributed by atoms with van der Waals surface area (Å²) in [5, 5.41) is 32.2. The van der Waals surface area contributed by atoms with Crippen LogP contribution in [0.4, 0.5) is 0 Å². The van der Waals surface area contributed by atoms with E-state index in [1.54, 1.807) is 0 Å². The number of aliphatic hydroxyl groups is 3. The quantitative estimate of drug-likeness (QED) is 0.0389. The minimum Gasteiger partial charge on any atom is -0.388 e. The molecule has 1 saturated heterocycles. The SMILES string of the molecule is CCCCCCCCCCCCCCCCCC(=O)N(CCCCCCCCCCCC)[C@]1(N)O[C@H](CC(=O)CN)[C@H](O)[C@H](O)[C@H]1O. The number of Topliss-reactive ketones (excluding diaryl/α,β-unsaturated/α-hetero) is 1. The number of ketones is 1. The lowest BCUT2D eigenvalue weighted by Crippen LogP contribution is -2.76. The van der Waals surface area contributed by atoms with Gasteiger partial charge in [0.05, 0.1) is 12.6 Å². The van der Waals surface area contributed by atoms with Crippen molar-refractivity contribution < 1.29 is 29.6 Å². The van der Waals surface area contributed by atoms with E-state index in [0.717, 1.165) is 38.5 Å². The van der Waals surface area contributed by atoms with Crippen molar-refractivity contribution in [1.29, 1.82) is 0 Å². The summed E-state index contributed by atoms with van der Waals surface area (Å²) in [6.07, 6.45) is 23.8. The van der Waals surface area contributed by atoms with E-state index in [-0.39, 0.29) is 37.6 Å². The third-order valence-corrected chi connectivity index (χ3v) is 9.93. The molecule has 1 rings (SSSR count). The van der Waals surface area contributed by atoms with Crippen LogP contribution in [0.1, 0.15) is 187 Å². The van der Waals surface area contributed by atoms with Gasteiger partial charge in [-0.3, -0.25) is 20.2 Å². The third-order valence-electron chi connectivity index (χ3n) is 9.93. The molecular formula is C38H75N3O6. The first-order valence-corrected chi connectivity index (χ1v) is 19.8. The van der Waals surface area contributed by atoms with Gasteiger partial charge in [0.15, 0.2) is 0 Å². The van der Waals surface area contributed by atoms with Gasteiger partial charge in [0.2, 0.25) is 11.8 Å². The number of nitrogens with two attached hydrogens (primary N) is 2. The van der Waals surface area contributed by atoms with Crippen LogP contribution in [0.3, 0.4) is 0 Å². The summed E-state index contributed by atoms with van der Waals surface area (Å²) in [5.41, 5.74) is 12.1. The van der Waals surface area contributed by atoms with Crippen LogP contribution in [0.2, 0.25) is 0 Å². The van der Waals surface area contributed by atoms with Crippen molar-refractivity contribution in [3.63, 3.8) is 0 Å². The summed E-state index contributed by atoms with van der Waals surface area (Å²) in [4.78, 5) is 27.0. The second-order valence-corrected chi connectivity index (χ2v) is 14.2. The largest absolute Gasteiger partial charge is 0.388 e. The second kappa shape index (κ2) is 27.7. The minimum atomic E-state index is -2.05. The fraction of sp³-hybridized carbons (Fsp3) is 0.947. The van der Waals surface area contributed by atoms with Crippen molar-refractivity contribution in [3.05, 3.63) is 0 Å². The molecule has 278 valence electrons. The number of amides is 1. The molecule has 9 heteroatoms. The molecule has 9 nitrogen and oxygen atoms in total. The molecule has 0 aliphatic carbocycles. The van der Waals surface area contributed by atoms with E-state index in [9.17, 15) is 24.9 Å². The maximum atomic E-state index is 13.6. The molecule has 0 aromatic carbocycles. The van der Waals surface area contributed by atoms with Crippen LogP contribution in [-0.2, 0) is 14.3 Å². The Morgan fingerprint density at radius 3 is 1.40 bits per heavy atom. The Morgan fingerprint density at radius 2 is 1.00 bits per heavy atom. The molecule has 0 aromatic heterocycles. The average Bonchev–Trinajstić information content (AvgIpc) is 3.06. The Balaban J connectivity index is 2.56. The van der Waals surface area contributed by atoms with E-state index < -0.39 is 30.3 Å². The lowest BCUT2D eigenvalue weighted by molar-refractivity contribution is -0.308. The molecule has 0 bridgehead atoms. The summed E-state index contributed by atoms with van der Waals surface area (Å²) in [5.74, 6) is -2.67. The summed E-state index contributed by atoms with van der Waals surface area (Å²) in [6.45, 7) is 4.50. The molecule has 0 aromatic rings. The highest BCUT2D eigenvalue weighted by molar-refractivity contribution is 5.80. The van der Waals surface area contributed by atoms with Gasteiger partial charge in [0.1, 0.15) is 24.1 Å². The van der Waals surface area contributed by atoms with E-state index in [0.29, 0.717) is 12.8 Å². The maximum Gasteiger partial charge on any atom is 0.227 e. The fourth-order valence-corrected chi connectivity index (χ4v) is 6.76. The molecule has 0 unspecified atom stereocenters. The van der Waals surface area contributed by atoms with Gasteiger partial charge in [0.25, 0.3) is 0 Å². The summed E-state index contributed by atoms with van der Waals surface area (Å²) >= 11 is 0. The van der Waals surface area contributed by atoms with Crippen molar-refractivity contribution in [1.82, 2.24) is 4.90 Å². The van der Waals surface area contributed by atoms with Gasteiger partial charge in [-0.1, -0.05) is 162 Å². The van der Waals surface area contributed by atoms with Crippen molar-refractivity contribution in [3.8, 4) is 0 Å². The van der Waals surface area contributed by atoms with Crippen molar-refractivity contribution >= 4 is 11.7 Å². The molecule has 5 atom stereocenters. The Bertz CT molecular complexity index is 787. The molecule has 1 aliphatic heterocycles.